The lowest BCUT2D eigenvalue weighted by Gasteiger charge is -2.37. The van der Waals surface area contributed by atoms with Crippen LogP contribution in [-0.4, -0.2) is 17.0 Å². The topological polar surface area (TPSA) is 37.3 Å². The van der Waals surface area contributed by atoms with E-state index in [1.54, 1.807) is 18.2 Å². The number of rotatable bonds is 2. The van der Waals surface area contributed by atoms with Crippen molar-refractivity contribution in [2.75, 3.05) is 0 Å². The van der Waals surface area contributed by atoms with E-state index in [9.17, 15) is 18.7 Å². The molecule has 0 aromatic heterocycles. The molecule has 1 aromatic carbocycles. The highest BCUT2D eigenvalue weighted by molar-refractivity contribution is 6.31. The largest absolute Gasteiger partial charge is 0.481 e. The number of alkyl halides is 2. The molecule has 0 heterocycles. The van der Waals surface area contributed by atoms with Gasteiger partial charge in [0.15, 0.2) is 0 Å². The molecule has 1 aliphatic carbocycles. The summed E-state index contributed by atoms with van der Waals surface area (Å²) in [6.45, 7) is 1.81. The van der Waals surface area contributed by atoms with Crippen molar-refractivity contribution in [1.82, 2.24) is 0 Å². The highest BCUT2D eigenvalue weighted by Gasteiger charge is 2.49. The first-order valence-electron chi connectivity index (χ1n) is 6.15. The van der Waals surface area contributed by atoms with Crippen molar-refractivity contribution >= 4 is 17.6 Å². The average molecular weight is 289 g/mol. The third-order valence-corrected chi connectivity index (χ3v) is 4.38. The average Bonchev–Trinajstić information content (AvgIpc) is 2.33. The van der Waals surface area contributed by atoms with Crippen molar-refractivity contribution in [2.24, 2.45) is 0 Å². The van der Waals surface area contributed by atoms with Crippen molar-refractivity contribution in [3.05, 3.63) is 34.3 Å². The van der Waals surface area contributed by atoms with E-state index in [-0.39, 0.29) is 12.8 Å². The molecule has 0 atom stereocenters. The molecule has 2 rings (SSSR count). The van der Waals surface area contributed by atoms with E-state index in [2.05, 4.69) is 0 Å². The van der Waals surface area contributed by atoms with Crippen LogP contribution in [0.1, 0.15) is 36.8 Å². The van der Waals surface area contributed by atoms with Gasteiger partial charge in [0.25, 0.3) is 0 Å². The van der Waals surface area contributed by atoms with Crippen LogP contribution in [0.5, 0.6) is 0 Å². The van der Waals surface area contributed by atoms with Gasteiger partial charge in [-0.2, -0.15) is 0 Å². The Morgan fingerprint density at radius 2 is 1.84 bits per heavy atom. The molecule has 0 amide bonds. The SMILES string of the molecule is Cc1ccc(C2(C(=O)O)CCC(F)(F)CC2)cc1Cl. The maximum Gasteiger partial charge on any atom is 0.314 e. The van der Waals surface area contributed by atoms with Gasteiger partial charge in [-0.05, 0) is 37.0 Å². The second-order valence-corrected chi connectivity index (χ2v) is 5.61. The molecule has 0 bridgehead atoms. The zero-order valence-corrected chi connectivity index (χ0v) is 11.3. The summed E-state index contributed by atoms with van der Waals surface area (Å²) in [7, 11) is 0. The Labute approximate surface area is 115 Å². The van der Waals surface area contributed by atoms with Gasteiger partial charge in [-0.15, -0.1) is 0 Å². The summed E-state index contributed by atoms with van der Waals surface area (Å²) in [6, 6.07) is 5.00. The molecule has 1 aliphatic rings. The minimum atomic E-state index is -2.76. The number of aryl methyl sites for hydroxylation is 1. The maximum atomic E-state index is 13.3. The van der Waals surface area contributed by atoms with E-state index in [0.29, 0.717) is 10.6 Å². The Bertz CT molecular complexity index is 504. The van der Waals surface area contributed by atoms with Crippen LogP contribution in [0.15, 0.2) is 18.2 Å². The summed E-state index contributed by atoms with van der Waals surface area (Å²) in [5, 5.41) is 9.95. The molecule has 0 saturated heterocycles. The van der Waals surface area contributed by atoms with Crippen LogP contribution in [0, 0.1) is 6.92 Å². The third-order valence-electron chi connectivity index (χ3n) is 3.97. The van der Waals surface area contributed by atoms with E-state index in [0.717, 1.165) is 5.56 Å². The van der Waals surface area contributed by atoms with Gasteiger partial charge >= 0.3 is 5.97 Å². The van der Waals surface area contributed by atoms with Gasteiger partial charge in [0.1, 0.15) is 0 Å². The summed E-state index contributed by atoms with van der Waals surface area (Å²) in [6.07, 6.45) is -0.918. The van der Waals surface area contributed by atoms with Crippen molar-refractivity contribution in [3.8, 4) is 0 Å². The lowest BCUT2D eigenvalue weighted by molar-refractivity contribution is -0.149. The number of aliphatic carboxylic acids is 1. The molecule has 0 spiro atoms. The molecule has 2 nitrogen and oxygen atoms in total. The van der Waals surface area contributed by atoms with Gasteiger partial charge in [-0.1, -0.05) is 23.7 Å². The second kappa shape index (κ2) is 4.75. The third kappa shape index (κ3) is 2.59. The summed E-state index contributed by atoms with van der Waals surface area (Å²) in [4.78, 5) is 11.6. The zero-order chi connectivity index (χ0) is 14.3. The quantitative estimate of drug-likeness (QED) is 0.886. The number of hydrogen-bond donors (Lipinski definition) is 1. The molecule has 0 unspecified atom stereocenters. The Hall–Kier alpha value is -1.16. The number of carboxylic acid groups (broad SMARTS) is 1. The maximum absolute atomic E-state index is 13.3. The smallest absolute Gasteiger partial charge is 0.314 e. The van der Waals surface area contributed by atoms with E-state index in [1.165, 1.54) is 0 Å². The Kier molecular flexibility index (Phi) is 3.56. The highest BCUT2D eigenvalue weighted by atomic mass is 35.5. The fraction of sp³-hybridized carbons (Fsp3) is 0.500. The highest BCUT2D eigenvalue weighted by Crippen LogP contribution is 2.46. The lowest BCUT2D eigenvalue weighted by atomic mass is 9.68. The number of halogens is 3. The van der Waals surface area contributed by atoms with E-state index in [1.807, 2.05) is 6.92 Å². The Morgan fingerprint density at radius 3 is 2.32 bits per heavy atom. The molecule has 1 aromatic rings. The van der Waals surface area contributed by atoms with Gasteiger partial charge < -0.3 is 5.11 Å². The Morgan fingerprint density at radius 1 is 1.26 bits per heavy atom. The van der Waals surface area contributed by atoms with E-state index >= 15 is 0 Å². The van der Waals surface area contributed by atoms with Crippen LogP contribution in [0.4, 0.5) is 8.78 Å². The van der Waals surface area contributed by atoms with Crippen LogP contribution < -0.4 is 0 Å². The summed E-state index contributed by atoms with van der Waals surface area (Å²) >= 11 is 6.01. The Balaban J connectivity index is 2.41. The fourth-order valence-electron chi connectivity index (χ4n) is 2.56. The molecule has 1 N–H and O–H groups in total. The van der Waals surface area contributed by atoms with Gasteiger partial charge in [0.2, 0.25) is 5.92 Å². The number of benzene rings is 1. The standard InChI is InChI=1S/C14H15ClF2O2/c1-9-2-3-10(8-11(9)15)13(12(18)19)4-6-14(16,17)7-5-13/h2-3,8H,4-7H2,1H3,(H,18,19). The molecule has 104 valence electrons. The van der Waals surface area contributed by atoms with Crippen molar-refractivity contribution in [1.29, 1.82) is 0 Å². The first kappa shape index (κ1) is 14.3. The molecular weight excluding hydrogens is 274 g/mol. The van der Waals surface area contributed by atoms with Crippen molar-refractivity contribution in [3.63, 3.8) is 0 Å². The molecule has 5 heteroatoms. The molecular formula is C14H15ClF2O2. The molecule has 19 heavy (non-hydrogen) atoms. The first-order valence-corrected chi connectivity index (χ1v) is 6.52. The molecule has 1 saturated carbocycles. The number of hydrogen-bond acceptors (Lipinski definition) is 1. The van der Waals surface area contributed by atoms with Gasteiger partial charge in [0, 0.05) is 17.9 Å². The molecule has 0 aliphatic heterocycles. The van der Waals surface area contributed by atoms with Crippen LogP contribution in [0.3, 0.4) is 0 Å². The summed E-state index contributed by atoms with van der Waals surface area (Å²) < 4.78 is 26.5. The normalized spacial score (nSPS) is 21.1. The van der Waals surface area contributed by atoms with E-state index in [4.69, 9.17) is 11.6 Å². The minimum absolute atomic E-state index is 0.0608. The second-order valence-electron chi connectivity index (χ2n) is 5.21. The minimum Gasteiger partial charge on any atom is -0.481 e. The predicted molar refractivity (Wildman–Crippen MR) is 68.9 cm³/mol. The number of carbonyl (C=O) groups is 1. The lowest BCUT2D eigenvalue weighted by Crippen LogP contribution is -2.42. The first-order chi connectivity index (χ1) is 8.77. The zero-order valence-electron chi connectivity index (χ0n) is 10.5. The molecule has 0 radical (unpaired) electrons. The van der Waals surface area contributed by atoms with E-state index < -0.39 is 30.1 Å². The fourth-order valence-corrected chi connectivity index (χ4v) is 2.74. The number of carboxylic acids is 1. The van der Waals surface area contributed by atoms with Gasteiger partial charge in [-0.25, -0.2) is 8.78 Å². The monoisotopic (exact) mass is 288 g/mol. The van der Waals surface area contributed by atoms with Crippen LogP contribution in [0.2, 0.25) is 5.02 Å². The van der Waals surface area contributed by atoms with Crippen LogP contribution in [-0.2, 0) is 10.2 Å². The van der Waals surface area contributed by atoms with Crippen molar-refractivity contribution < 1.29 is 18.7 Å². The van der Waals surface area contributed by atoms with Crippen molar-refractivity contribution in [2.45, 2.75) is 43.9 Å². The molecule has 1 fully saturated rings. The summed E-state index contributed by atoms with van der Waals surface area (Å²) in [5.41, 5.74) is 0.122. The van der Waals surface area contributed by atoms with Gasteiger partial charge in [0.05, 0.1) is 5.41 Å². The predicted octanol–water partition coefficient (Wildman–Crippen LogP) is 4.18. The summed E-state index contributed by atoms with van der Waals surface area (Å²) in [5.74, 6) is -3.81. The van der Waals surface area contributed by atoms with Gasteiger partial charge in [-0.3, -0.25) is 4.79 Å². The van der Waals surface area contributed by atoms with Crippen LogP contribution in [0.25, 0.3) is 0 Å². The van der Waals surface area contributed by atoms with Crippen LogP contribution >= 0.6 is 11.6 Å².